The number of hydrogen-bond donors (Lipinski definition) is 1. The van der Waals surface area contributed by atoms with Gasteiger partial charge >= 0.3 is 0 Å². The van der Waals surface area contributed by atoms with Gasteiger partial charge in [-0.3, -0.25) is 9.10 Å². The van der Waals surface area contributed by atoms with Crippen molar-refractivity contribution in [2.45, 2.75) is 39.7 Å². The van der Waals surface area contributed by atoms with E-state index in [2.05, 4.69) is 25.2 Å². The van der Waals surface area contributed by atoms with Crippen molar-refractivity contribution in [2.75, 3.05) is 24.7 Å². The smallest absolute Gasteiger partial charge is 0.253 e. The molecule has 0 spiro atoms. The van der Waals surface area contributed by atoms with Crippen molar-refractivity contribution in [3.8, 4) is 5.75 Å². The van der Waals surface area contributed by atoms with Crippen LogP contribution in [0, 0.1) is 6.92 Å². The summed E-state index contributed by atoms with van der Waals surface area (Å²) in [7, 11) is -0.381. The van der Waals surface area contributed by atoms with Gasteiger partial charge in [-0.05, 0) is 66.8 Å². The Hall–Kier alpha value is -2.25. The number of ether oxygens (including phenoxy) is 1. The highest BCUT2D eigenvalue weighted by atomic mass is 35.5. The van der Waals surface area contributed by atoms with Gasteiger partial charge in [0.2, 0.25) is 10.0 Å². The molecular formula is C22H29ClN2O4S. The average molecular weight is 453 g/mol. The van der Waals surface area contributed by atoms with Crippen LogP contribution < -0.4 is 14.4 Å². The van der Waals surface area contributed by atoms with Crippen molar-refractivity contribution in [1.29, 1.82) is 0 Å². The molecule has 0 aliphatic rings. The molecule has 1 atom stereocenters. The fourth-order valence-electron chi connectivity index (χ4n) is 3.24. The number of nitrogens with zero attached hydrogens (tertiary/aromatic N) is 1. The van der Waals surface area contributed by atoms with Crippen LogP contribution in [0.3, 0.4) is 0 Å². The van der Waals surface area contributed by atoms with Crippen LogP contribution in [-0.2, 0) is 10.0 Å². The molecule has 164 valence electrons. The van der Waals surface area contributed by atoms with E-state index in [0.717, 1.165) is 33.0 Å². The maximum atomic E-state index is 12.9. The Balaban J connectivity index is 2.36. The normalized spacial score (nSPS) is 12.6. The minimum absolute atomic E-state index is 0.215. The molecule has 1 N–H and O–H groups in total. The molecule has 0 radical (unpaired) electrons. The third kappa shape index (κ3) is 5.26. The fourth-order valence-corrected chi connectivity index (χ4v) is 3.94. The minimum Gasteiger partial charge on any atom is -0.496 e. The first-order valence-corrected chi connectivity index (χ1v) is 11.8. The van der Waals surface area contributed by atoms with Crippen molar-refractivity contribution < 1.29 is 17.9 Å². The number of carbonyl (C=O) groups is 1. The predicted octanol–water partition coefficient (Wildman–Crippen LogP) is 4.67. The molecule has 1 amide bonds. The standard InChI is InChI=1S/C22H29ClN2O4S/c1-13(2)17-12-18(14(3)10-21(17)29-6)15(4)24-22(26)19-11-16(8-9-20(19)23)25(5)30(7,27)28/h8-13,15H,1-7H3,(H,24,26)/t15-/m1/s1. The van der Waals surface area contributed by atoms with E-state index in [1.54, 1.807) is 13.2 Å². The maximum absolute atomic E-state index is 12.9. The number of nitrogens with one attached hydrogen (secondary N) is 1. The molecule has 0 unspecified atom stereocenters. The summed E-state index contributed by atoms with van der Waals surface area (Å²) in [6.07, 6.45) is 1.10. The second kappa shape index (κ2) is 9.27. The average Bonchev–Trinajstić information content (AvgIpc) is 2.66. The third-order valence-corrected chi connectivity index (χ3v) is 6.65. The van der Waals surface area contributed by atoms with Crippen LogP contribution in [0.2, 0.25) is 5.02 Å². The highest BCUT2D eigenvalue weighted by Gasteiger charge is 2.20. The Bertz CT molecular complexity index is 1050. The predicted molar refractivity (Wildman–Crippen MR) is 122 cm³/mol. The zero-order chi connectivity index (χ0) is 22.8. The van der Waals surface area contributed by atoms with Crippen LogP contribution in [0.4, 0.5) is 5.69 Å². The molecule has 0 aliphatic carbocycles. The van der Waals surface area contributed by atoms with Gasteiger partial charge in [-0.1, -0.05) is 25.4 Å². The molecule has 0 fully saturated rings. The Labute approximate surface area is 184 Å². The summed E-state index contributed by atoms with van der Waals surface area (Å²) >= 11 is 6.23. The largest absolute Gasteiger partial charge is 0.496 e. The Morgan fingerprint density at radius 3 is 2.30 bits per heavy atom. The Morgan fingerprint density at radius 2 is 1.77 bits per heavy atom. The number of sulfonamides is 1. The van der Waals surface area contributed by atoms with E-state index < -0.39 is 10.0 Å². The van der Waals surface area contributed by atoms with E-state index in [4.69, 9.17) is 16.3 Å². The van der Waals surface area contributed by atoms with Crippen LogP contribution in [0.1, 0.15) is 59.8 Å². The zero-order valence-electron chi connectivity index (χ0n) is 18.4. The third-order valence-electron chi connectivity index (χ3n) is 5.11. The quantitative estimate of drug-likeness (QED) is 0.662. The highest BCUT2D eigenvalue weighted by molar-refractivity contribution is 7.92. The van der Waals surface area contributed by atoms with Crippen LogP contribution >= 0.6 is 11.6 Å². The molecule has 2 aromatic rings. The van der Waals surface area contributed by atoms with Gasteiger partial charge in [-0.25, -0.2) is 8.42 Å². The summed E-state index contributed by atoms with van der Waals surface area (Å²) < 4.78 is 30.2. The van der Waals surface area contributed by atoms with E-state index in [-0.39, 0.29) is 28.5 Å². The molecule has 2 rings (SSSR count). The van der Waals surface area contributed by atoms with Crippen molar-refractivity contribution >= 4 is 33.2 Å². The van der Waals surface area contributed by atoms with Crippen molar-refractivity contribution in [1.82, 2.24) is 5.32 Å². The molecule has 0 saturated heterocycles. The van der Waals surface area contributed by atoms with Gasteiger partial charge in [0.25, 0.3) is 5.91 Å². The molecule has 2 aromatic carbocycles. The molecule has 30 heavy (non-hydrogen) atoms. The van der Waals surface area contributed by atoms with E-state index in [1.165, 1.54) is 19.2 Å². The highest BCUT2D eigenvalue weighted by Crippen LogP contribution is 2.32. The summed E-state index contributed by atoms with van der Waals surface area (Å²) in [6, 6.07) is 8.31. The van der Waals surface area contributed by atoms with Gasteiger partial charge in [0, 0.05) is 7.05 Å². The SMILES string of the molecule is COc1cc(C)c([C@@H](C)NC(=O)c2cc(N(C)S(C)(=O)=O)ccc2Cl)cc1C(C)C. The summed E-state index contributed by atoms with van der Waals surface area (Å²) in [6.45, 7) is 8.05. The summed E-state index contributed by atoms with van der Waals surface area (Å²) in [5, 5.41) is 3.22. The molecule has 0 bridgehead atoms. The molecule has 0 heterocycles. The molecular weight excluding hydrogens is 424 g/mol. The van der Waals surface area contributed by atoms with Gasteiger partial charge in [-0.2, -0.15) is 0 Å². The number of halogens is 1. The van der Waals surface area contributed by atoms with Crippen molar-refractivity contribution in [3.05, 3.63) is 57.6 Å². The lowest BCUT2D eigenvalue weighted by atomic mass is 9.93. The van der Waals surface area contributed by atoms with E-state index >= 15 is 0 Å². The van der Waals surface area contributed by atoms with E-state index in [9.17, 15) is 13.2 Å². The zero-order valence-corrected chi connectivity index (χ0v) is 20.0. The van der Waals surface area contributed by atoms with Crippen LogP contribution in [-0.4, -0.2) is 34.7 Å². The number of hydrogen-bond acceptors (Lipinski definition) is 4. The van der Waals surface area contributed by atoms with Gasteiger partial charge < -0.3 is 10.1 Å². The lowest BCUT2D eigenvalue weighted by Gasteiger charge is -2.22. The number of aryl methyl sites for hydroxylation is 1. The molecule has 8 heteroatoms. The molecule has 6 nitrogen and oxygen atoms in total. The number of amides is 1. The first-order valence-electron chi connectivity index (χ1n) is 9.59. The maximum Gasteiger partial charge on any atom is 0.253 e. The van der Waals surface area contributed by atoms with Gasteiger partial charge in [-0.15, -0.1) is 0 Å². The van der Waals surface area contributed by atoms with Crippen molar-refractivity contribution in [2.24, 2.45) is 0 Å². The van der Waals surface area contributed by atoms with E-state index in [1.807, 2.05) is 19.9 Å². The second-order valence-electron chi connectivity index (χ2n) is 7.70. The number of carbonyl (C=O) groups excluding carboxylic acids is 1. The van der Waals surface area contributed by atoms with E-state index in [0.29, 0.717) is 5.69 Å². The fraction of sp³-hybridized carbons (Fsp3) is 0.409. The number of rotatable bonds is 7. The second-order valence-corrected chi connectivity index (χ2v) is 10.1. The topological polar surface area (TPSA) is 75.7 Å². The minimum atomic E-state index is -3.46. The lowest BCUT2D eigenvalue weighted by molar-refractivity contribution is 0.0940. The monoisotopic (exact) mass is 452 g/mol. The first-order chi connectivity index (χ1) is 13.9. The Morgan fingerprint density at radius 1 is 1.13 bits per heavy atom. The van der Waals surface area contributed by atoms with Crippen LogP contribution in [0.5, 0.6) is 5.75 Å². The lowest BCUT2D eigenvalue weighted by Crippen LogP contribution is -2.29. The van der Waals surface area contributed by atoms with Crippen LogP contribution in [0.15, 0.2) is 30.3 Å². The number of benzene rings is 2. The number of anilines is 1. The van der Waals surface area contributed by atoms with Gasteiger partial charge in [0.1, 0.15) is 5.75 Å². The molecule has 0 aromatic heterocycles. The number of methoxy groups -OCH3 is 1. The summed E-state index contributed by atoms with van der Waals surface area (Å²) in [5.74, 6) is 0.710. The van der Waals surface area contributed by atoms with Gasteiger partial charge in [0.15, 0.2) is 0 Å². The van der Waals surface area contributed by atoms with Gasteiger partial charge in [0.05, 0.1) is 35.7 Å². The summed E-state index contributed by atoms with van der Waals surface area (Å²) in [5.41, 5.74) is 3.62. The van der Waals surface area contributed by atoms with Crippen molar-refractivity contribution in [3.63, 3.8) is 0 Å². The summed E-state index contributed by atoms with van der Waals surface area (Å²) in [4.78, 5) is 12.9. The molecule has 0 aliphatic heterocycles. The van der Waals surface area contributed by atoms with Crippen LogP contribution in [0.25, 0.3) is 0 Å². The first kappa shape index (κ1) is 24.0. The molecule has 0 saturated carbocycles. The Kier molecular flexibility index (Phi) is 7.42.